The second kappa shape index (κ2) is 7.57. The first-order chi connectivity index (χ1) is 10.0. The summed E-state index contributed by atoms with van der Waals surface area (Å²) in [6.07, 6.45) is 2.36. The van der Waals surface area contributed by atoms with Gasteiger partial charge in [-0.2, -0.15) is 0 Å². The van der Waals surface area contributed by atoms with Crippen LogP contribution in [0.3, 0.4) is 0 Å². The van der Waals surface area contributed by atoms with Gasteiger partial charge in [-0.15, -0.1) is 0 Å². The summed E-state index contributed by atoms with van der Waals surface area (Å²) in [4.78, 5) is 11.4. The van der Waals surface area contributed by atoms with Crippen molar-refractivity contribution < 1.29 is 18.3 Å². The van der Waals surface area contributed by atoms with Gasteiger partial charge in [0, 0.05) is 6.04 Å². The fourth-order valence-electron chi connectivity index (χ4n) is 2.73. The van der Waals surface area contributed by atoms with Crippen molar-refractivity contribution in [3.63, 3.8) is 0 Å². The Bertz CT molecular complexity index is 370. The van der Waals surface area contributed by atoms with Crippen LogP contribution in [-0.4, -0.2) is 36.7 Å². The molecular formula is C16H30F2N2O2. The molecule has 0 aromatic heterocycles. The van der Waals surface area contributed by atoms with Gasteiger partial charge in [0.1, 0.15) is 5.60 Å². The fourth-order valence-corrected chi connectivity index (χ4v) is 2.73. The van der Waals surface area contributed by atoms with Crippen LogP contribution in [0.15, 0.2) is 0 Å². The van der Waals surface area contributed by atoms with Gasteiger partial charge in [0.05, 0.1) is 13.1 Å². The second-order valence-corrected chi connectivity index (χ2v) is 7.47. The lowest BCUT2D eigenvalue weighted by atomic mass is 9.78. The largest absolute Gasteiger partial charge is 0.444 e. The molecule has 1 aliphatic rings. The van der Waals surface area contributed by atoms with Gasteiger partial charge < -0.3 is 15.4 Å². The third-order valence-corrected chi connectivity index (χ3v) is 4.22. The van der Waals surface area contributed by atoms with Crippen molar-refractivity contribution in [1.82, 2.24) is 10.6 Å². The summed E-state index contributed by atoms with van der Waals surface area (Å²) in [5, 5.41) is 5.11. The van der Waals surface area contributed by atoms with Crippen LogP contribution >= 0.6 is 0 Å². The van der Waals surface area contributed by atoms with E-state index >= 15 is 0 Å². The van der Waals surface area contributed by atoms with Crippen LogP contribution in [0.25, 0.3) is 0 Å². The lowest BCUT2D eigenvalue weighted by Gasteiger charge is -2.35. The van der Waals surface area contributed by atoms with E-state index in [2.05, 4.69) is 24.5 Å². The number of carbonyl (C=O) groups excluding carboxylic acids is 1. The van der Waals surface area contributed by atoms with E-state index in [1.165, 1.54) is 0 Å². The highest BCUT2D eigenvalue weighted by molar-refractivity contribution is 5.67. The number of hydrogen-bond donors (Lipinski definition) is 2. The Balaban J connectivity index is 2.35. The van der Waals surface area contributed by atoms with Crippen molar-refractivity contribution in [3.8, 4) is 0 Å². The summed E-state index contributed by atoms with van der Waals surface area (Å²) >= 11 is 0. The van der Waals surface area contributed by atoms with Crippen LogP contribution in [-0.2, 0) is 4.74 Å². The molecular weight excluding hydrogens is 290 g/mol. The van der Waals surface area contributed by atoms with Gasteiger partial charge in [-0.05, 0) is 39.0 Å². The number of halogens is 2. The molecule has 6 heteroatoms. The average Bonchev–Trinajstić information content (AvgIpc) is 2.36. The Labute approximate surface area is 132 Å². The zero-order valence-electron chi connectivity index (χ0n) is 14.3. The summed E-state index contributed by atoms with van der Waals surface area (Å²) in [5.41, 5.74) is -0.689. The number of nitrogens with one attached hydrogen (secondary N) is 2. The molecule has 1 rings (SSSR count). The smallest absolute Gasteiger partial charge is 0.407 e. The van der Waals surface area contributed by atoms with E-state index < -0.39 is 30.7 Å². The maximum Gasteiger partial charge on any atom is 0.407 e. The summed E-state index contributed by atoms with van der Waals surface area (Å²) in [7, 11) is 0. The van der Waals surface area contributed by atoms with Crippen molar-refractivity contribution in [2.24, 2.45) is 11.8 Å². The minimum absolute atomic E-state index is 0.121. The molecule has 4 nitrogen and oxygen atoms in total. The van der Waals surface area contributed by atoms with Crippen molar-refractivity contribution in [2.75, 3.05) is 13.1 Å². The van der Waals surface area contributed by atoms with Gasteiger partial charge in [-0.3, -0.25) is 0 Å². The molecule has 3 atom stereocenters. The molecule has 1 aliphatic carbocycles. The van der Waals surface area contributed by atoms with Crippen LogP contribution in [0.2, 0.25) is 0 Å². The minimum Gasteiger partial charge on any atom is -0.444 e. The van der Waals surface area contributed by atoms with Crippen molar-refractivity contribution in [2.45, 2.75) is 71.4 Å². The predicted molar refractivity (Wildman–Crippen MR) is 83.2 cm³/mol. The molecule has 1 amide bonds. The predicted octanol–water partition coefficient (Wildman–Crippen LogP) is 3.56. The Hall–Kier alpha value is -0.910. The number of rotatable bonds is 5. The molecule has 1 fully saturated rings. The van der Waals surface area contributed by atoms with Crippen molar-refractivity contribution in [3.05, 3.63) is 0 Å². The highest BCUT2D eigenvalue weighted by Gasteiger charge is 2.33. The van der Waals surface area contributed by atoms with Crippen LogP contribution in [0.1, 0.15) is 53.9 Å². The minimum atomic E-state index is -2.99. The highest BCUT2D eigenvalue weighted by Crippen LogP contribution is 2.29. The van der Waals surface area contributed by atoms with Gasteiger partial charge in [0.2, 0.25) is 0 Å². The molecule has 2 N–H and O–H groups in total. The lowest BCUT2D eigenvalue weighted by molar-refractivity contribution is -0.00897. The first-order valence-electron chi connectivity index (χ1n) is 8.08. The van der Waals surface area contributed by atoms with Gasteiger partial charge in [0.25, 0.3) is 5.92 Å². The van der Waals surface area contributed by atoms with E-state index in [0.717, 1.165) is 19.3 Å². The van der Waals surface area contributed by atoms with E-state index in [1.54, 1.807) is 20.8 Å². The zero-order valence-corrected chi connectivity index (χ0v) is 14.3. The molecule has 0 radical (unpaired) electrons. The van der Waals surface area contributed by atoms with Crippen LogP contribution in [0.5, 0.6) is 0 Å². The Kier molecular flexibility index (Phi) is 6.59. The average molecular weight is 320 g/mol. The molecule has 3 unspecified atom stereocenters. The topological polar surface area (TPSA) is 50.4 Å². The van der Waals surface area contributed by atoms with E-state index in [-0.39, 0.29) is 6.04 Å². The first-order valence-corrected chi connectivity index (χ1v) is 8.08. The molecule has 0 saturated heterocycles. The molecule has 0 aromatic carbocycles. The van der Waals surface area contributed by atoms with Gasteiger partial charge >= 0.3 is 6.09 Å². The lowest BCUT2D eigenvalue weighted by Crippen LogP contribution is -2.49. The summed E-state index contributed by atoms with van der Waals surface area (Å²) in [5.74, 6) is -2.04. The molecule has 130 valence electrons. The molecule has 0 aromatic rings. The number of ether oxygens (including phenoxy) is 1. The van der Waals surface area contributed by atoms with E-state index in [1.807, 2.05) is 0 Å². The number of hydrogen-bond acceptors (Lipinski definition) is 3. The summed E-state index contributed by atoms with van der Waals surface area (Å²) in [6.45, 7) is 8.21. The number of alkyl carbamates (subject to hydrolysis) is 1. The van der Waals surface area contributed by atoms with E-state index in [4.69, 9.17) is 4.74 Å². The Morgan fingerprint density at radius 1 is 1.18 bits per heavy atom. The highest BCUT2D eigenvalue weighted by atomic mass is 19.3. The van der Waals surface area contributed by atoms with Gasteiger partial charge in [-0.25, -0.2) is 13.6 Å². The van der Waals surface area contributed by atoms with E-state index in [0.29, 0.717) is 11.8 Å². The number of alkyl halides is 2. The zero-order chi connectivity index (χ0) is 17.0. The van der Waals surface area contributed by atoms with Crippen molar-refractivity contribution in [1.29, 1.82) is 0 Å². The SMILES string of the molecule is CC1CCCC(NCC(F)(F)CNC(=O)OC(C)(C)C)C1C. The van der Waals surface area contributed by atoms with Gasteiger partial charge in [-0.1, -0.05) is 26.7 Å². The number of amides is 1. The maximum atomic E-state index is 13.9. The number of carbonyl (C=O) groups is 1. The third-order valence-electron chi connectivity index (χ3n) is 4.22. The standard InChI is InChI=1S/C16H30F2N2O2/c1-11-7-6-8-13(12(11)2)19-9-16(17,18)10-20-14(21)22-15(3,4)5/h11-13,19H,6-10H2,1-5H3,(H,20,21). The van der Waals surface area contributed by atoms with Gasteiger partial charge in [0.15, 0.2) is 0 Å². The molecule has 1 saturated carbocycles. The summed E-state index contributed by atoms with van der Waals surface area (Å²) < 4.78 is 32.7. The third kappa shape index (κ3) is 6.90. The molecule has 0 heterocycles. The molecule has 22 heavy (non-hydrogen) atoms. The monoisotopic (exact) mass is 320 g/mol. The maximum absolute atomic E-state index is 13.9. The van der Waals surface area contributed by atoms with Crippen LogP contribution < -0.4 is 10.6 Å². The Morgan fingerprint density at radius 2 is 1.82 bits per heavy atom. The normalized spacial score (nSPS) is 26.6. The van der Waals surface area contributed by atoms with Crippen molar-refractivity contribution >= 4 is 6.09 Å². The van der Waals surface area contributed by atoms with Crippen LogP contribution in [0.4, 0.5) is 13.6 Å². The first kappa shape index (κ1) is 19.1. The Morgan fingerprint density at radius 3 is 2.41 bits per heavy atom. The second-order valence-electron chi connectivity index (χ2n) is 7.47. The molecule has 0 bridgehead atoms. The van der Waals surface area contributed by atoms with Crippen LogP contribution in [0, 0.1) is 11.8 Å². The van der Waals surface area contributed by atoms with E-state index in [9.17, 15) is 13.6 Å². The quantitative estimate of drug-likeness (QED) is 0.814. The molecule has 0 spiro atoms. The summed E-state index contributed by atoms with van der Waals surface area (Å²) in [6, 6.07) is 0.121. The molecule has 0 aliphatic heterocycles. The fraction of sp³-hybridized carbons (Fsp3) is 0.938.